The smallest absolute Gasteiger partial charge is 0.166 e. The molecule has 2 aromatic rings. The van der Waals surface area contributed by atoms with Gasteiger partial charge in [-0.3, -0.25) is 4.90 Å². The molecule has 4 nitrogen and oxygen atoms in total. The van der Waals surface area contributed by atoms with Crippen LogP contribution in [0.15, 0.2) is 24.3 Å². The van der Waals surface area contributed by atoms with Gasteiger partial charge < -0.3 is 14.9 Å². The number of hydrogen-bond acceptors (Lipinski definition) is 4. The van der Waals surface area contributed by atoms with Crippen LogP contribution in [0.25, 0.3) is 11.1 Å². The predicted octanol–water partition coefficient (Wildman–Crippen LogP) is 3.28. The second-order valence-corrected chi connectivity index (χ2v) is 6.17. The first-order chi connectivity index (χ1) is 10.6. The van der Waals surface area contributed by atoms with Crippen LogP contribution in [0, 0.1) is 0 Å². The van der Waals surface area contributed by atoms with Crippen molar-refractivity contribution in [2.24, 2.45) is 0 Å². The molecule has 0 amide bonds. The highest BCUT2D eigenvalue weighted by Crippen LogP contribution is 2.52. The summed E-state index contributed by atoms with van der Waals surface area (Å²) in [6.45, 7) is 0.998. The Labute approximate surface area is 141 Å². The van der Waals surface area contributed by atoms with Gasteiger partial charge >= 0.3 is 0 Å². The molecule has 2 aliphatic rings. The fourth-order valence-corrected chi connectivity index (χ4v) is 3.85. The molecule has 0 saturated heterocycles. The van der Waals surface area contributed by atoms with Crippen molar-refractivity contribution in [1.82, 2.24) is 4.90 Å². The molecule has 4 rings (SSSR count). The summed E-state index contributed by atoms with van der Waals surface area (Å²) >= 11 is 0. The number of phenols is 2. The molecule has 0 aromatic heterocycles. The van der Waals surface area contributed by atoms with Crippen LogP contribution in [-0.4, -0.2) is 35.8 Å². The number of benzene rings is 2. The molecule has 2 N–H and O–H groups in total. The first-order valence-electron chi connectivity index (χ1n) is 7.55. The zero-order chi connectivity index (χ0) is 15.4. The molecular weight excluding hydrogens is 314 g/mol. The van der Waals surface area contributed by atoms with Crippen molar-refractivity contribution in [3.05, 3.63) is 41.0 Å². The standard InChI is InChI=1S/C18H19NO3.ClH/c1-19-6-5-11-8-15(22-2)18(21)17-13-9-12(20)4-3-10(13)7-14(19)16(11)17;/h3-4,8-9,14,20-21H,5-7H2,1-2H3;1H. The number of rotatable bonds is 1. The normalized spacial score (nSPS) is 18.6. The summed E-state index contributed by atoms with van der Waals surface area (Å²) in [5, 5.41) is 20.6. The average molecular weight is 334 g/mol. The number of fused-ring (bicyclic) bond motifs is 2. The minimum absolute atomic E-state index is 0. The Bertz CT molecular complexity index is 775. The van der Waals surface area contributed by atoms with Crippen LogP contribution in [-0.2, 0) is 12.8 Å². The first kappa shape index (κ1) is 16.0. The van der Waals surface area contributed by atoms with Crippen molar-refractivity contribution in [3.63, 3.8) is 0 Å². The molecule has 122 valence electrons. The van der Waals surface area contributed by atoms with E-state index in [1.165, 1.54) is 11.1 Å². The lowest BCUT2D eigenvalue weighted by Gasteiger charge is -2.40. The van der Waals surface area contributed by atoms with Gasteiger partial charge in [-0.1, -0.05) is 6.07 Å². The van der Waals surface area contributed by atoms with Crippen molar-refractivity contribution in [3.8, 4) is 28.4 Å². The van der Waals surface area contributed by atoms with E-state index in [1.807, 2.05) is 12.1 Å². The summed E-state index contributed by atoms with van der Waals surface area (Å²) in [6, 6.07) is 7.64. The van der Waals surface area contributed by atoms with E-state index in [9.17, 15) is 10.2 Å². The number of methoxy groups -OCH3 is 1. The molecule has 0 bridgehead atoms. The highest BCUT2D eigenvalue weighted by Gasteiger charge is 2.35. The molecule has 23 heavy (non-hydrogen) atoms. The number of ether oxygens (including phenoxy) is 1. The van der Waals surface area contributed by atoms with Crippen LogP contribution >= 0.6 is 12.4 Å². The topological polar surface area (TPSA) is 52.9 Å². The van der Waals surface area contributed by atoms with E-state index >= 15 is 0 Å². The monoisotopic (exact) mass is 333 g/mol. The summed E-state index contributed by atoms with van der Waals surface area (Å²) in [5.41, 5.74) is 5.31. The third-order valence-corrected chi connectivity index (χ3v) is 4.99. The summed E-state index contributed by atoms with van der Waals surface area (Å²) in [7, 11) is 3.71. The van der Waals surface area contributed by atoms with Crippen molar-refractivity contribution in [1.29, 1.82) is 0 Å². The highest BCUT2D eigenvalue weighted by molar-refractivity contribution is 5.85. The van der Waals surface area contributed by atoms with E-state index in [1.54, 1.807) is 19.2 Å². The zero-order valence-corrected chi connectivity index (χ0v) is 14.0. The fourth-order valence-electron chi connectivity index (χ4n) is 3.85. The lowest BCUT2D eigenvalue weighted by Crippen LogP contribution is -2.35. The quantitative estimate of drug-likeness (QED) is 0.841. The molecule has 0 radical (unpaired) electrons. The van der Waals surface area contributed by atoms with Gasteiger partial charge in [0.15, 0.2) is 11.5 Å². The Morgan fingerprint density at radius 2 is 1.96 bits per heavy atom. The maximum atomic E-state index is 10.7. The molecule has 1 atom stereocenters. The number of nitrogens with zero attached hydrogens (tertiary/aromatic N) is 1. The first-order valence-corrected chi connectivity index (χ1v) is 7.55. The molecule has 5 heteroatoms. The summed E-state index contributed by atoms with van der Waals surface area (Å²) in [5.74, 6) is 0.902. The Morgan fingerprint density at radius 1 is 1.17 bits per heavy atom. The van der Waals surface area contributed by atoms with Gasteiger partial charge in [0, 0.05) is 18.2 Å². The third-order valence-electron chi connectivity index (χ3n) is 4.99. The van der Waals surface area contributed by atoms with Crippen molar-refractivity contribution in [2.45, 2.75) is 18.9 Å². The molecule has 1 aliphatic carbocycles. The average Bonchev–Trinajstić information content (AvgIpc) is 2.52. The molecule has 2 aromatic carbocycles. The van der Waals surface area contributed by atoms with E-state index in [4.69, 9.17) is 4.74 Å². The summed E-state index contributed by atoms with van der Waals surface area (Å²) in [4.78, 5) is 2.34. The van der Waals surface area contributed by atoms with Gasteiger partial charge in [-0.05, 0) is 60.3 Å². The molecule has 1 heterocycles. The SMILES string of the molecule is COc1cc2c3c(c1O)-c1cc(O)ccc1CC3N(C)CC2.Cl. The number of phenolic OH excluding ortho intramolecular Hbond substituents is 2. The van der Waals surface area contributed by atoms with Gasteiger partial charge in [0.05, 0.1) is 7.11 Å². The number of aromatic hydroxyl groups is 2. The number of hydrogen-bond donors (Lipinski definition) is 2. The molecule has 1 aliphatic heterocycles. The Morgan fingerprint density at radius 3 is 2.70 bits per heavy atom. The van der Waals surface area contributed by atoms with Gasteiger partial charge in [-0.15, -0.1) is 12.4 Å². The van der Waals surface area contributed by atoms with Gasteiger partial charge in [0.2, 0.25) is 0 Å². The molecule has 0 fully saturated rings. The predicted molar refractivity (Wildman–Crippen MR) is 91.8 cm³/mol. The van der Waals surface area contributed by atoms with E-state index < -0.39 is 0 Å². The van der Waals surface area contributed by atoms with Gasteiger partial charge in [0.1, 0.15) is 5.75 Å². The van der Waals surface area contributed by atoms with Crippen LogP contribution < -0.4 is 4.74 Å². The second-order valence-electron chi connectivity index (χ2n) is 6.17. The van der Waals surface area contributed by atoms with E-state index in [2.05, 4.69) is 11.9 Å². The Balaban J connectivity index is 0.00000156. The van der Waals surface area contributed by atoms with Crippen molar-refractivity contribution in [2.75, 3.05) is 20.7 Å². The minimum Gasteiger partial charge on any atom is -0.508 e. The van der Waals surface area contributed by atoms with Crippen LogP contribution in [0.5, 0.6) is 17.2 Å². The Hall–Kier alpha value is -1.91. The maximum absolute atomic E-state index is 10.7. The van der Waals surface area contributed by atoms with E-state index in [0.29, 0.717) is 5.75 Å². The van der Waals surface area contributed by atoms with Crippen LogP contribution in [0.1, 0.15) is 22.7 Å². The minimum atomic E-state index is 0. The van der Waals surface area contributed by atoms with Crippen LogP contribution in [0.2, 0.25) is 0 Å². The molecule has 0 saturated carbocycles. The van der Waals surface area contributed by atoms with Crippen LogP contribution in [0.4, 0.5) is 0 Å². The fraction of sp³-hybridized carbons (Fsp3) is 0.333. The van der Waals surface area contributed by atoms with Gasteiger partial charge in [0.25, 0.3) is 0 Å². The molecular formula is C18H20ClNO3. The summed E-state index contributed by atoms with van der Waals surface area (Å²) < 4.78 is 5.36. The lowest BCUT2D eigenvalue weighted by atomic mass is 9.76. The van der Waals surface area contributed by atoms with Crippen LogP contribution in [0.3, 0.4) is 0 Å². The number of halogens is 1. The molecule has 0 spiro atoms. The largest absolute Gasteiger partial charge is 0.508 e. The lowest BCUT2D eigenvalue weighted by molar-refractivity contribution is 0.227. The third kappa shape index (κ3) is 2.25. The summed E-state index contributed by atoms with van der Waals surface area (Å²) in [6.07, 6.45) is 1.85. The molecule has 1 unspecified atom stereocenters. The second kappa shape index (κ2) is 5.62. The maximum Gasteiger partial charge on any atom is 0.166 e. The van der Waals surface area contributed by atoms with Crippen molar-refractivity contribution < 1.29 is 14.9 Å². The van der Waals surface area contributed by atoms with E-state index in [0.717, 1.165) is 36.1 Å². The number of likely N-dealkylation sites (N-methyl/N-ethyl adjacent to an activating group) is 1. The zero-order valence-electron chi connectivity index (χ0n) is 13.2. The Kier molecular flexibility index (Phi) is 3.90. The van der Waals surface area contributed by atoms with Crippen molar-refractivity contribution >= 4 is 12.4 Å². The highest BCUT2D eigenvalue weighted by atomic mass is 35.5. The van der Waals surface area contributed by atoms with Gasteiger partial charge in [-0.2, -0.15) is 0 Å². The van der Waals surface area contributed by atoms with E-state index in [-0.39, 0.29) is 29.9 Å². The van der Waals surface area contributed by atoms with Gasteiger partial charge in [-0.25, -0.2) is 0 Å².